The summed E-state index contributed by atoms with van der Waals surface area (Å²) in [4.78, 5) is 27.1. The van der Waals surface area contributed by atoms with Gasteiger partial charge in [-0.3, -0.25) is 14.5 Å². The Morgan fingerprint density at radius 1 is 1.00 bits per heavy atom. The van der Waals surface area contributed by atoms with E-state index in [0.29, 0.717) is 0 Å². The number of ketones is 1. The zero-order chi connectivity index (χ0) is 25.5. The van der Waals surface area contributed by atoms with E-state index in [4.69, 9.17) is 16.3 Å². The molecule has 5 nitrogen and oxygen atoms in total. The van der Waals surface area contributed by atoms with E-state index in [9.17, 15) is 32.3 Å². The van der Waals surface area contributed by atoms with Crippen LogP contribution in [0.5, 0.6) is 5.75 Å². The number of amides is 1. The molecule has 4 rings (SSSR count). The fraction of sp³-hybridized carbons (Fsp3) is 0.120. The van der Waals surface area contributed by atoms with Gasteiger partial charge in [0.05, 0.1) is 29.3 Å². The van der Waals surface area contributed by atoms with Crippen LogP contribution in [0.2, 0.25) is 5.02 Å². The molecule has 3 aromatic rings. The Labute approximate surface area is 201 Å². The second kappa shape index (κ2) is 9.07. The number of methoxy groups -OCH3 is 1. The minimum Gasteiger partial charge on any atom is -0.507 e. The molecule has 1 aliphatic rings. The van der Waals surface area contributed by atoms with Crippen molar-refractivity contribution in [2.45, 2.75) is 12.2 Å². The number of hydrogen-bond acceptors (Lipinski definition) is 4. The van der Waals surface area contributed by atoms with Crippen molar-refractivity contribution in [1.29, 1.82) is 0 Å². The Morgan fingerprint density at radius 3 is 2.20 bits per heavy atom. The molecule has 1 aliphatic heterocycles. The molecule has 0 radical (unpaired) electrons. The van der Waals surface area contributed by atoms with Crippen molar-refractivity contribution >= 4 is 34.7 Å². The fourth-order valence-electron chi connectivity index (χ4n) is 3.83. The van der Waals surface area contributed by atoms with E-state index < -0.39 is 41.0 Å². The number of anilines is 1. The lowest BCUT2D eigenvalue weighted by molar-refractivity contribution is -0.137. The number of carbonyl (C=O) groups excluding carboxylic acids is 2. The third-order valence-electron chi connectivity index (χ3n) is 5.53. The van der Waals surface area contributed by atoms with Gasteiger partial charge in [0, 0.05) is 11.3 Å². The first-order valence-corrected chi connectivity index (χ1v) is 10.5. The fourth-order valence-corrected chi connectivity index (χ4v) is 4.03. The summed E-state index contributed by atoms with van der Waals surface area (Å²) in [6.45, 7) is 0. The van der Waals surface area contributed by atoms with Gasteiger partial charge in [0.25, 0.3) is 11.7 Å². The Bertz CT molecular complexity index is 1340. The van der Waals surface area contributed by atoms with Crippen LogP contribution in [0.1, 0.15) is 22.7 Å². The molecule has 0 aromatic heterocycles. The first-order valence-electron chi connectivity index (χ1n) is 10.1. The number of Topliss-reactive ketones (excluding diaryl/α,β-unsaturated/α-hetero) is 1. The van der Waals surface area contributed by atoms with Gasteiger partial charge in [-0.2, -0.15) is 13.2 Å². The van der Waals surface area contributed by atoms with Gasteiger partial charge >= 0.3 is 6.18 Å². The van der Waals surface area contributed by atoms with E-state index in [1.54, 1.807) is 0 Å². The van der Waals surface area contributed by atoms with Crippen LogP contribution >= 0.6 is 11.6 Å². The number of ether oxygens (including phenoxy) is 1. The predicted molar refractivity (Wildman–Crippen MR) is 121 cm³/mol. The molecule has 0 saturated carbocycles. The van der Waals surface area contributed by atoms with Crippen molar-refractivity contribution in [2.75, 3.05) is 12.0 Å². The molecule has 35 heavy (non-hydrogen) atoms. The lowest BCUT2D eigenvalue weighted by Gasteiger charge is -2.25. The predicted octanol–water partition coefficient (Wildman–Crippen LogP) is 6.13. The highest BCUT2D eigenvalue weighted by Crippen LogP contribution is 2.43. The van der Waals surface area contributed by atoms with Gasteiger partial charge in [-0.15, -0.1) is 0 Å². The number of carbonyl (C=O) groups is 2. The Hall–Kier alpha value is -3.85. The minimum atomic E-state index is -4.60. The molecule has 1 N–H and O–H groups in total. The topological polar surface area (TPSA) is 66.8 Å². The average molecular weight is 506 g/mol. The zero-order valence-corrected chi connectivity index (χ0v) is 18.7. The molecule has 1 saturated heterocycles. The number of hydrogen-bond donors (Lipinski definition) is 1. The first-order chi connectivity index (χ1) is 16.5. The quantitative estimate of drug-likeness (QED) is 0.200. The standard InChI is InChI=1S/C25H16ClF4NO4/c1-35-19-12-14(4-11-18(19)26)22(32)20-21(13-2-7-16(27)8-3-13)31(24(34)23(20)33)17-9-5-15(6-10-17)25(28,29)30/h2-12,21,32H,1H3/b22-20-. The lowest BCUT2D eigenvalue weighted by atomic mass is 9.95. The van der Waals surface area contributed by atoms with Crippen molar-refractivity contribution in [3.05, 3.63) is 99.8 Å². The van der Waals surface area contributed by atoms with E-state index in [1.807, 2.05) is 0 Å². The SMILES string of the molecule is COc1cc(/C(O)=C2/C(=O)C(=O)N(c3ccc(C(F)(F)F)cc3)C2c2ccc(F)cc2)ccc1Cl. The molecule has 10 heteroatoms. The monoisotopic (exact) mass is 505 g/mol. The summed E-state index contributed by atoms with van der Waals surface area (Å²) in [5.41, 5.74) is -0.908. The molecule has 0 bridgehead atoms. The largest absolute Gasteiger partial charge is 0.507 e. The van der Waals surface area contributed by atoms with Crippen LogP contribution in [-0.2, 0) is 15.8 Å². The molecule has 3 aromatic carbocycles. The molecular formula is C25H16ClF4NO4. The summed E-state index contributed by atoms with van der Waals surface area (Å²) in [6.07, 6.45) is -4.60. The Morgan fingerprint density at radius 2 is 1.63 bits per heavy atom. The van der Waals surface area contributed by atoms with E-state index >= 15 is 0 Å². The third kappa shape index (κ3) is 4.46. The van der Waals surface area contributed by atoms with Crippen LogP contribution in [0.3, 0.4) is 0 Å². The van der Waals surface area contributed by atoms with Crippen LogP contribution in [0.15, 0.2) is 72.3 Å². The van der Waals surface area contributed by atoms with E-state index in [1.165, 1.54) is 37.4 Å². The maximum absolute atomic E-state index is 13.6. The average Bonchev–Trinajstić information content (AvgIpc) is 3.09. The van der Waals surface area contributed by atoms with Gasteiger partial charge in [-0.1, -0.05) is 23.7 Å². The number of rotatable bonds is 4. The van der Waals surface area contributed by atoms with Crippen LogP contribution in [0, 0.1) is 5.82 Å². The van der Waals surface area contributed by atoms with Crippen LogP contribution in [0.4, 0.5) is 23.2 Å². The Balaban J connectivity index is 1.91. The highest BCUT2D eigenvalue weighted by Gasteiger charge is 2.47. The molecule has 180 valence electrons. The van der Waals surface area contributed by atoms with Gasteiger partial charge in [0.15, 0.2) is 0 Å². The summed E-state index contributed by atoms with van der Waals surface area (Å²) in [5, 5.41) is 11.3. The van der Waals surface area contributed by atoms with Crippen molar-refractivity contribution in [1.82, 2.24) is 0 Å². The van der Waals surface area contributed by atoms with Gasteiger partial charge in [0.1, 0.15) is 17.3 Å². The number of benzene rings is 3. The number of aliphatic hydroxyl groups is 1. The molecule has 0 aliphatic carbocycles. The van der Waals surface area contributed by atoms with Crippen molar-refractivity contribution in [3.63, 3.8) is 0 Å². The van der Waals surface area contributed by atoms with Crippen LogP contribution < -0.4 is 9.64 Å². The van der Waals surface area contributed by atoms with E-state index in [-0.39, 0.29) is 33.2 Å². The number of halogens is 5. The number of nitrogens with zero attached hydrogens (tertiary/aromatic N) is 1. The zero-order valence-electron chi connectivity index (χ0n) is 17.9. The molecule has 1 fully saturated rings. The smallest absolute Gasteiger partial charge is 0.416 e. The highest BCUT2D eigenvalue weighted by molar-refractivity contribution is 6.51. The lowest BCUT2D eigenvalue weighted by Crippen LogP contribution is -2.29. The van der Waals surface area contributed by atoms with Gasteiger partial charge < -0.3 is 9.84 Å². The van der Waals surface area contributed by atoms with Crippen LogP contribution in [0.25, 0.3) is 5.76 Å². The van der Waals surface area contributed by atoms with Crippen molar-refractivity contribution in [3.8, 4) is 5.75 Å². The molecule has 1 atom stereocenters. The van der Waals surface area contributed by atoms with Crippen LogP contribution in [-0.4, -0.2) is 23.9 Å². The third-order valence-corrected chi connectivity index (χ3v) is 5.84. The molecule has 0 spiro atoms. The maximum atomic E-state index is 13.6. The molecule has 1 heterocycles. The number of aliphatic hydroxyl groups excluding tert-OH is 1. The van der Waals surface area contributed by atoms with Crippen molar-refractivity contribution < 1.29 is 37.0 Å². The molecular weight excluding hydrogens is 490 g/mol. The summed E-state index contributed by atoms with van der Waals surface area (Å²) >= 11 is 6.03. The summed E-state index contributed by atoms with van der Waals surface area (Å²) in [7, 11) is 1.35. The van der Waals surface area contributed by atoms with Gasteiger partial charge in [0.2, 0.25) is 0 Å². The second-order valence-electron chi connectivity index (χ2n) is 7.61. The first kappa shape index (κ1) is 24.3. The molecule has 1 amide bonds. The molecule has 1 unspecified atom stereocenters. The minimum absolute atomic E-state index is 0.0119. The number of alkyl halides is 3. The van der Waals surface area contributed by atoms with Gasteiger partial charge in [-0.25, -0.2) is 4.39 Å². The highest BCUT2D eigenvalue weighted by atomic mass is 35.5. The second-order valence-corrected chi connectivity index (χ2v) is 8.02. The summed E-state index contributed by atoms with van der Waals surface area (Å²) in [5.74, 6) is -3.07. The van der Waals surface area contributed by atoms with Crippen molar-refractivity contribution in [2.24, 2.45) is 0 Å². The van der Waals surface area contributed by atoms with E-state index in [0.717, 1.165) is 41.3 Å². The van der Waals surface area contributed by atoms with Gasteiger partial charge in [-0.05, 0) is 60.2 Å². The van der Waals surface area contributed by atoms with E-state index in [2.05, 4.69) is 0 Å². The summed E-state index contributed by atoms with van der Waals surface area (Å²) < 4.78 is 57.8. The summed E-state index contributed by atoms with van der Waals surface area (Å²) in [6, 6.07) is 11.5. The normalized spacial score (nSPS) is 17.7. The Kier molecular flexibility index (Phi) is 6.29. The maximum Gasteiger partial charge on any atom is 0.416 e.